The molecule has 10 nitrogen and oxygen atoms in total. The molecule has 3 aromatic heterocycles. The molecule has 0 amide bonds. The Morgan fingerprint density at radius 2 is 1.89 bits per heavy atom. The Bertz CT molecular complexity index is 1410. The predicted octanol–water partition coefficient (Wildman–Crippen LogP) is 2.89. The Labute approximate surface area is 208 Å². The van der Waals surface area contributed by atoms with Crippen molar-refractivity contribution >= 4 is 5.95 Å². The highest BCUT2D eigenvalue weighted by Crippen LogP contribution is 2.35. The van der Waals surface area contributed by atoms with Crippen LogP contribution in [0.3, 0.4) is 0 Å². The minimum absolute atomic E-state index is 0.165. The lowest BCUT2D eigenvalue weighted by Crippen LogP contribution is -2.41. The quantitative estimate of drug-likeness (QED) is 0.407. The Hall–Kier alpha value is -4.31. The lowest BCUT2D eigenvalue weighted by Gasteiger charge is -2.35. The zero-order valence-corrected chi connectivity index (χ0v) is 20.3. The Balaban J connectivity index is 1.48. The van der Waals surface area contributed by atoms with E-state index in [2.05, 4.69) is 19.9 Å². The van der Waals surface area contributed by atoms with E-state index in [1.54, 1.807) is 44.3 Å². The van der Waals surface area contributed by atoms with E-state index in [0.717, 1.165) is 22.6 Å². The monoisotopic (exact) mass is 486 g/mol. The van der Waals surface area contributed by atoms with Gasteiger partial charge in [-0.25, -0.2) is 15.0 Å². The second kappa shape index (κ2) is 10.1. The molecule has 10 heteroatoms. The van der Waals surface area contributed by atoms with Crippen molar-refractivity contribution in [3.8, 4) is 34.1 Å². The van der Waals surface area contributed by atoms with Crippen molar-refractivity contribution in [2.75, 3.05) is 38.8 Å². The van der Waals surface area contributed by atoms with E-state index in [9.17, 15) is 4.79 Å². The van der Waals surface area contributed by atoms with E-state index >= 15 is 0 Å². The predicted molar refractivity (Wildman–Crippen MR) is 134 cm³/mol. The first-order valence-corrected chi connectivity index (χ1v) is 11.5. The molecule has 0 radical (unpaired) electrons. The third kappa shape index (κ3) is 4.63. The second-order valence-electron chi connectivity index (χ2n) is 8.28. The number of ether oxygens (including phenoxy) is 3. The van der Waals surface area contributed by atoms with Crippen LogP contribution < -0.4 is 19.9 Å². The summed E-state index contributed by atoms with van der Waals surface area (Å²) < 4.78 is 18.6. The van der Waals surface area contributed by atoms with Crippen molar-refractivity contribution in [2.45, 2.75) is 6.10 Å². The number of morpholine rings is 1. The van der Waals surface area contributed by atoms with Crippen LogP contribution in [0.25, 0.3) is 22.6 Å². The molecule has 184 valence electrons. The van der Waals surface area contributed by atoms with Crippen molar-refractivity contribution in [3.05, 3.63) is 77.1 Å². The highest BCUT2D eigenvalue weighted by molar-refractivity contribution is 5.63. The zero-order chi connectivity index (χ0) is 25.1. The molecule has 1 atom stereocenters. The summed E-state index contributed by atoms with van der Waals surface area (Å²) in [6.45, 7) is 1.54. The molecule has 0 N–H and O–H groups in total. The van der Waals surface area contributed by atoms with Crippen LogP contribution in [0.5, 0.6) is 11.5 Å². The molecule has 4 aromatic rings. The fraction of sp³-hybridized carbons (Fsp3) is 0.269. The minimum atomic E-state index is -0.300. The number of anilines is 1. The van der Waals surface area contributed by atoms with Crippen LogP contribution >= 0.6 is 0 Å². The van der Waals surface area contributed by atoms with Gasteiger partial charge in [-0.05, 0) is 36.4 Å². The second-order valence-corrected chi connectivity index (χ2v) is 8.28. The Morgan fingerprint density at radius 3 is 2.61 bits per heavy atom. The van der Waals surface area contributed by atoms with Crippen LogP contribution in [0.1, 0.15) is 11.7 Å². The maximum absolute atomic E-state index is 12.8. The van der Waals surface area contributed by atoms with E-state index in [4.69, 9.17) is 19.2 Å². The lowest BCUT2D eigenvalue weighted by atomic mass is 10.0. The molecule has 1 unspecified atom stereocenters. The normalized spacial score (nSPS) is 15.5. The molecular weight excluding hydrogens is 460 g/mol. The van der Waals surface area contributed by atoms with Gasteiger partial charge in [-0.1, -0.05) is 0 Å². The van der Waals surface area contributed by atoms with Gasteiger partial charge in [-0.3, -0.25) is 14.3 Å². The summed E-state index contributed by atoms with van der Waals surface area (Å²) in [6, 6.07) is 12.9. The standard InChI is InChI=1S/C26H26N6O4/c1-31-25(33)13-22(21-8-9-27-16-29-21)30-26(31)32-10-11-36-24(15-32)19-12-17(4-7-23(19)35-3)20-6-5-18(34-2)14-28-20/h4-9,12-14,16,24H,10-11,15H2,1-3H3. The van der Waals surface area contributed by atoms with Gasteiger partial charge in [0.05, 0.1) is 50.6 Å². The van der Waals surface area contributed by atoms with Gasteiger partial charge >= 0.3 is 0 Å². The average molecular weight is 487 g/mol. The van der Waals surface area contributed by atoms with Gasteiger partial charge < -0.3 is 19.1 Å². The summed E-state index contributed by atoms with van der Waals surface area (Å²) in [5, 5.41) is 0. The number of nitrogens with zero attached hydrogens (tertiary/aromatic N) is 6. The summed E-state index contributed by atoms with van der Waals surface area (Å²) in [5.74, 6) is 1.97. The fourth-order valence-corrected chi connectivity index (χ4v) is 4.22. The largest absolute Gasteiger partial charge is 0.496 e. The minimum Gasteiger partial charge on any atom is -0.496 e. The maximum Gasteiger partial charge on any atom is 0.255 e. The average Bonchev–Trinajstić information content (AvgIpc) is 2.94. The molecular formula is C26H26N6O4. The molecule has 1 aliphatic heterocycles. The van der Waals surface area contributed by atoms with Crippen LogP contribution in [0.4, 0.5) is 5.95 Å². The van der Waals surface area contributed by atoms with Crippen LogP contribution in [0.15, 0.2) is 66.0 Å². The summed E-state index contributed by atoms with van der Waals surface area (Å²) in [4.78, 5) is 32.3. The zero-order valence-electron chi connectivity index (χ0n) is 20.3. The van der Waals surface area contributed by atoms with Crippen LogP contribution in [0.2, 0.25) is 0 Å². The Morgan fingerprint density at radius 1 is 1.00 bits per heavy atom. The van der Waals surface area contributed by atoms with E-state index in [1.165, 1.54) is 12.4 Å². The number of hydrogen-bond acceptors (Lipinski definition) is 9. The van der Waals surface area contributed by atoms with Gasteiger partial charge in [0.2, 0.25) is 5.95 Å². The van der Waals surface area contributed by atoms with Crippen LogP contribution in [-0.4, -0.2) is 58.4 Å². The summed E-state index contributed by atoms with van der Waals surface area (Å²) in [6.07, 6.45) is 4.46. The Kier molecular flexibility index (Phi) is 6.59. The molecule has 0 spiro atoms. The molecule has 36 heavy (non-hydrogen) atoms. The topological polar surface area (TPSA) is 104 Å². The van der Waals surface area contributed by atoms with Gasteiger partial charge in [0.1, 0.15) is 23.9 Å². The SMILES string of the molecule is COc1ccc(-c2ccc(OC)c(C3CN(c4nc(-c5ccncn5)cc(=O)n4C)CCO3)c2)nc1. The molecule has 0 saturated carbocycles. The first-order valence-electron chi connectivity index (χ1n) is 11.5. The molecule has 1 fully saturated rings. The van der Waals surface area contributed by atoms with Gasteiger partial charge in [0.15, 0.2) is 0 Å². The smallest absolute Gasteiger partial charge is 0.255 e. The number of pyridine rings is 1. The molecule has 0 bridgehead atoms. The van der Waals surface area contributed by atoms with Crippen molar-refractivity contribution < 1.29 is 14.2 Å². The first kappa shape index (κ1) is 23.4. The number of benzene rings is 1. The summed E-state index contributed by atoms with van der Waals surface area (Å²) in [5.41, 5.74) is 3.58. The third-order valence-electron chi connectivity index (χ3n) is 6.15. The number of rotatable bonds is 6. The number of aromatic nitrogens is 5. The summed E-state index contributed by atoms with van der Waals surface area (Å²) >= 11 is 0. The first-order chi connectivity index (χ1) is 17.6. The van der Waals surface area contributed by atoms with E-state index in [-0.39, 0.29) is 11.7 Å². The molecule has 1 saturated heterocycles. The lowest BCUT2D eigenvalue weighted by molar-refractivity contribution is 0.0375. The van der Waals surface area contributed by atoms with Gasteiger partial charge in [-0.2, -0.15) is 0 Å². The molecule has 0 aliphatic carbocycles. The molecule has 1 aromatic carbocycles. The number of hydrogen-bond donors (Lipinski definition) is 0. The maximum atomic E-state index is 12.8. The van der Waals surface area contributed by atoms with Crippen molar-refractivity contribution in [3.63, 3.8) is 0 Å². The third-order valence-corrected chi connectivity index (χ3v) is 6.15. The molecule has 1 aliphatic rings. The number of methoxy groups -OCH3 is 2. The van der Waals surface area contributed by atoms with E-state index in [1.807, 2.05) is 30.3 Å². The van der Waals surface area contributed by atoms with Crippen LogP contribution in [0, 0.1) is 0 Å². The van der Waals surface area contributed by atoms with Crippen molar-refractivity contribution in [1.82, 2.24) is 24.5 Å². The van der Waals surface area contributed by atoms with E-state index < -0.39 is 0 Å². The highest BCUT2D eigenvalue weighted by atomic mass is 16.5. The van der Waals surface area contributed by atoms with E-state index in [0.29, 0.717) is 42.8 Å². The molecule has 4 heterocycles. The van der Waals surface area contributed by atoms with Gasteiger partial charge in [-0.15, -0.1) is 0 Å². The van der Waals surface area contributed by atoms with Crippen molar-refractivity contribution in [2.24, 2.45) is 7.05 Å². The molecule has 5 rings (SSSR count). The fourth-order valence-electron chi connectivity index (χ4n) is 4.22. The highest BCUT2D eigenvalue weighted by Gasteiger charge is 2.28. The van der Waals surface area contributed by atoms with Gasteiger partial charge in [0, 0.05) is 37.0 Å². The van der Waals surface area contributed by atoms with Gasteiger partial charge in [0.25, 0.3) is 5.56 Å². The van der Waals surface area contributed by atoms with Crippen LogP contribution in [-0.2, 0) is 11.8 Å². The van der Waals surface area contributed by atoms with Crippen molar-refractivity contribution in [1.29, 1.82) is 0 Å². The summed E-state index contributed by atoms with van der Waals surface area (Å²) in [7, 11) is 4.97.